The summed E-state index contributed by atoms with van der Waals surface area (Å²) in [4.78, 5) is 11.4. The molecule has 0 spiro atoms. The molecule has 9 nitrogen and oxygen atoms in total. The molecule has 3 aromatic heterocycles. The lowest BCUT2D eigenvalue weighted by molar-refractivity contribution is -0.126. The third-order valence-corrected chi connectivity index (χ3v) is 8.37. The van der Waals surface area contributed by atoms with Crippen LogP contribution in [0.25, 0.3) is 21.5 Å². The molecule has 0 saturated heterocycles. The van der Waals surface area contributed by atoms with E-state index in [1.807, 2.05) is 36.2 Å². The third kappa shape index (κ3) is 7.02. The van der Waals surface area contributed by atoms with Gasteiger partial charge in [-0.3, -0.25) is 0 Å². The summed E-state index contributed by atoms with van der Waals surface area (Å²) in [5, 5.41) is 12.6. The van der Waals surface area contributed by atoms with Gasteiger partial charge in [0.15, 0.2) is 5.75 Å². The van der Waals surface area contributed by atoms with Crippen LogP contribution in [0.2, 0.25) is 0 Å². The minimum atomic E-state index is -4.27. The van der Waals surface area contributed by atoms with Gasteiger partial charge in [0.25, 0.3) is 5.88 Å². The highest BCUT2D eigenvalue weighted by Gasteiger charge is 2.38. The van der Waals surface area contributed by atoms with Gasteiger partial charge in [-0.05, 0) is 24.5 Å². The molecule has 5 rings (SSSR count). The van der Waals surface area contributed by atoms with E-state index in [2.05, 4.69) is 25.5 Å². The average molecular weight is 625 g/mol. The second-order valence-corrected chi connectivity index (χ2v) is 11.0. The van der Waals surface area contributed by atoms with Crippen LogP contribution in [0.4, 0.5) is 19.0 Å². The van der Waals surface area contributed by atoms with E-state index < -0.39 is 12.6 Å². The second kappa shape index (κ2) is 13.4. The summed E-state index contributed by atoms with van der Waals surface area (Å²) in [6.45, 7) is 0.665. The molecule has 1 N–H and O–H groups in total. The highest BCUT2D eigenvalue weighted by Crippen LogP contribution is 2.36. The van der Waals surface area contributed by atoms with Crippen LogP contribution in [-0.4, -0.2) is 72.9 Å². The van der Waals surface area contributed by atoms with Crippen molar-refractivity contribution in [2.75, 3.05) is 33.3 Å². The van der Waals surface area contributed by atoms with Gasteiger partial charge in [-0.15, -0.1) is 33.9 Å². The van der Waals surface area contributed by atoms with Gasteiger partial charge in [0, 0.05) is 43.3 Å². The summed E-state index contributed by atoms with van der Waals surface area (Å²) in [5.41, 5.74) is 2.70. The van der Waals surface area contributed by atoms with Gasteiger partial charge >= 0.3 is 6.18 Å². The van der Waals surface area contributed by atoms with Crippen molar-refractivity contribution in [3.8, 4) is 22.9 Å². The van der Waals surface area contributed by atoms with E-state index in [4.69, 9.17) is 14.2 Å². The molecule has 1 saturated carbocycles. The van der Waals surface area contributed by atoms with Gasteiger partial charge < -0.3 is 24.4 Å². The second-order valence-electron chi connectivity index (χ2n) is 9.93. The van der Waals surface area contributed by atoms with Gasteiger partial charge in [-0.25, -0.2) is 9.97 Å². The molecule has 1 aromatic carbocycles. The molecule has 3 atom stereocenters. The van der Waals surface area contributed by atoms with Crippen molar-refractivity contribution in [1.82, 2.24) is 25.5 Å². The Morgan fingerprint density at radius 1 is 1.02 bits per heavy atom. The van der Waals surface area contributed by atoms with Gasteiger partial charge in [0.2, 0.25) is 0 Å². The van der Waals surface area contributed by atoms with Gasteiger partial charge in [-0.2, -0.15) is 13.2 Å². The number of thiophene rings is 1. The number of hydrogen-bond acceptors (Lipinski definition) is 10. The molecule has 3 heterocycles. The Balaban J connectivity index is 0.00000405. The third-order valence-electron chi connectivity index (χ3n) is 7.33. The zero-order valence-electron chi connectivity index (χ0n) is 23.5. The fraction of sp³-hybridized carbons (Fsp3) is 0.429. The van der Waals surface area contributed by atoms with Gasteiger partial charge in [-0.1, -0.05) is 24.3 Å². The number of aromatic nitrogens is 4. The minimum Gasteiger partial charge on any atom is -0.491 e. The number of likely N-dealkylation sites (N-methyl/N-ethyl adjacent to an activating group) is 1. The molecule has 226 valence electrons. The van der Waals surface area contributed by atoms with Crippen molar-refractivity contribution < 1.29 is 27.4 Å². The lowest BCUT2D eigenvalue weighted by Gasteiger charge is -2.30. The first-order valence-electron chi connectivity index (χ1n) is 13.0. The average Bonchev–Trinajstić information content (AvgIpc) is 3.57. The Kier molecular flexibility index (Phi) is 10.1. The molecular weight excluding hydrogens is 593 g/mol. The van der Waals surface area contributed by atoms with E-state index in [1.54, 1.807) is 26.4 Å². The van der Waals surface area contributed by atoms with Crippen molar-refractivity contribution in [2.45, 2.75) is 50.2 Å². The smallest absolute Gasteiger partial charge is 0.393 e. The summed E-state index contributed by atoms with van der Waals surface area (Å²) in [6, 6.07) is 11.6. The van der Waals surface area contributed by atoms with Crippen LogP contribution in [0.1, 0.15) is 23.3 Å². The van der Waals surface area contributed by atoms with Crippen LogP contribution in [0.5, 0.6) is 11.6 Å². The first-order chi connectivity index (χ1) is 19.7. The summed E-state index contributed by atoms with van der Waals surface area (Å²) in [6.07, 6.45) is -2.33. The maximum atomic E-state index is 13.0. The van der Waals surface area contributed by atoms with Crippen molar-refractivity contribution in [3.05, 3.63) is 53.2 Å². The van der Waals surface area contributed by atoms with E-state index in [-0.39, 0.29) is 35.5 Å². The van der Waals surface area contributed by atoms with Crippen LogP contribution >= 0.6 is 23.7 Å². The molecule has 0 amide bonds. The van der Waals surface area contributed by atoms with E-state index in [1.165, 1.54) is 13.4 Å². The lowest BCUT2D eigenvalue weighted by Crippen LogP contribution is -2.39. The molecule has 14 heteroatoms. The fourth-order valence-electron chi connectivity index (χ4n) is 5.27. The molecule has 0 radical (unpaired) electrons. The molecule has 0 bridgehead atoms. The van der Waals surface area contributed by atoms with Gasteiger partial charge in [0.1, 0.15) is 17.0 Å². The minimum absolute atomic E-state index is 0. The lowest BCUT2D eigenvalue weighted by atomic mass is 10.1. The molecule has 0 aliphatic heterocycles. The predicted molar refractivity (Wildman–Crippen MR) is 158 cm³/mol. The van der Waals surface area contributed by atoms with Crippen LogP contribution < -0.4 is 19.7 Å². The Bertz CT molecular complexity index is 1490. The first kappa shape index (κ1) is 31.7. The van der Waals surface area contributed by atoms with Crippen molar-refractivity contribution >= 4 is 39.8 Å². The van der Waals surface area contributed by atoms with Crippen LogP contribution in [0.3, 0.4) is 0 Å². The Hall–Kier alpha value is -3.26. The molecule has 0 unspecified atom stereocenters. The SMILES string of the molecule is COc1cc(-c2ccc(CN[C@H]3C[C@@H](OC)[C@@H](N(C)c4ncnc5sc(CC(F)(F)F)cc45)C3)cc2)nnc1OC.Cl. The first-order valence-corrected chi connectivity index (χ1v) is 13.8. The topological polar surface area (TPSA) is 94.5 Å². The maximum absolute atomic E-state index is 13.0. The number of halogens is 4. The molecule has 1 aliphatic rings. The number of ether oxygens (including phenoxy) is 3. The van der Waals surface area contributed by atoms with Gasteiger partial charge in [0.05, 0.1) is 43.9 Å². The monoisotopic (exact) mass is 624 g/mol. The maximum Gasteiger partial charge on any atom is 0.393 e. The molecule has 4 aromatic rings. The summed E-state index contributed by atoms with van der Waals surface area (Å²) in [5.74, 6) is 1.46. The number of alkyl halides is 3. The number of anilines is 1. The highest BCUT2D eigenvalue weighted by atomic mass is 35.5. The van der Waals surface area contributed by atoms with Crippen LogP contribution in [-0.2, 0) is 17.7 Å². The zero-order valence-corrected chi connectivity index (χ0v) is 25.1. The number of methoxy groups -OCH3 is 3. The van der Waals surface area contributed by atoms with Crippen LogP contribution in [0.15, 0.2) is 42.7 Å². The van der Waals surface area contributed by atoms with E-state index in [0.717, 1.165) is 35.3 Å². The number of nitrogens with zero attached hydrogens (tertiary/aromatic N) is 5. The normalized spacial score (nSPS) is 18.6. The standard InChI is InChI=1S/C28H31F3N6O3S.ClH/c1-37(25-20-11-19(13-28(29,30)31)41-27(20)34-15-33-25)22-9-18(10-23(22)38-2)32-14-16-5-7-17(8-6-16)21-12-24(39-3)26(40-4)36-35-21;/h5-8,11-12,15,18,22-23,32H,9-10,13-14H2,1-4H3;1H/t18-,22+,23-;/m1./s1. The van der Waals surface area contributed by atoms with Crippen molar-refractivity contribution in [3.63, 3.8) is 0 Å². The Morgan fingerprint density at radius 2 is 1.79 bits per heavy atom. The largest absolute Gasteiger partial charge is 0.491 e. The zero-order chi connectivity index (χ0) is 29.1. The van der Waals surface area contributed by atoms with E-state index >= 15 is 0 Å². The molecule has 1 aliphatic carbocycles. The Morgan fingerprint density at radius 3 is 2.45 bits per heavy atom. The van der Waals surface area contributed by atoms with Crippen molar-refractivity contribution in [1.29, 1.82) is 0 Å². The van der Waals surface area contributed by atoms with E-state index in [0.29, 0.717) is 39.9 Å². The molecule has 1 fully saturated rings. The number of fused-ring (bicyclic) bond motifs is 1. The number of rotatable bonds is 10. The highest BCUT2D eigenvalue weighted by molar-refractivity contribution is 7.18. The predicted octanol–water partition coefficient (Wildman–Crippen LogP) is 5.46. The quantitative estimate of drug-likeness (QED) is 0.247. The summed E-state index contributed by atoms with van der Waals surface area (Å²) >= 11 is 1.05. The summed E-state index contributed by atoms with van der Waals surface area (Å²) < 4.78 is 55.3. The Labute approximate surface area is 251 Å². The number of hydrogen-bond donors (Lipinski definition) is 1. The number of benzene rings is 1. The van der Waals surface area contributed by atoms with Crippen LogP contribution in [0, 0.1) is 0 Å². The fourth-order valence-corrected chi connectivity index (χ4v) is 6.29. The molecular formula is C28H32ClF3N6O3S. The van der Waals surface area contributed by atoms with Crippen molar-refractivity contribution in [2.24, 2.45) is 0 Å². The summed E-state index contributed by atoms with van der Waals surface area (Å²) in [7, 11) is 6.67. The van der Waals surface area contributed by atoms with E-state index in [9.17, 15) is 13.2 Å². The number of nitrogens with one attached hydrogen (secondary N) is 1. The molecule has 42 heavy (non-hydrogen) atoms.